The number of benzene rings is 1. The number of hydrogen-bond acceptors (Lipinski definition) is 5. The molecule has 0 fully saturated rings. The Morgan fingerprint density at radius 1 is 1.20 bits per heavy atom. The highest BCUT2D eigenvalue weighted by Crippen LogP contribution is 2.56. The summed E-state index contributed by atoms with van der Waals surface area (Å²) in [4.78, 5) is 15.8. The Bertz CT molecular complexity index is 1050. The van der Waals surface area contributed by atoms with Gasteiger partial charge in [0.2, 0.25) is 0 Å². The van der Waals surface area contributed by atoms with Crippen LogP contribution >= 0.6 is 46.7 Å². The monoisotopic (exact) mass is 475 g/mol. The molecule has 0 saturated carbocycles. The number of dihydropyridines is 1. The molecule has 1 aromatic carbocycles. The number of rotatable bonds is 6. The van der Waals surface area contributed by atoms with E-state index in [4.69, 9.17) is 33.2 Å². The van der Waals surface area contributed by atoms with Crippen LogP contribution in [0.25, 0.3) is 0 Å². The quantitative estimate of drug-likeness (QED) is 0.316. The van der Waals surface area contributed by atoms with Crippen LogP contribution in [0.4, 0.5) is 0 Å². The van der Waals surface area contributed by atoms with E-state index in [1.54, 1.807) is 35.3 Å². The van der Waals surface area contributed by atoms with Crippen molar-refractivity contribution in [1.82, 2.24) is 9.97 Å². The van der Waals surface area contributed by atoms with Gasteiger partial charge in [-0.25, -0.2) is 9.97 Å². The second-order valence-corrected chi connectivity index (χ2v) is 10.9. The van der Waals surface area contributed by atoms with Gasteiger partial charge in [0, 0.05) is 21.5 Å². The lowest BCUT2D eigenvalue weighted by Gasteiger charge is -2.26. The van der Waals surface area contributed by atoms with Gasteiger partial charge in [0.15, 0.2) is 0 Å². The highest BCUT2D eigenvalue weighted by molar-refractivity contribution is 8.02. The zero-order valence-electron chi connectivity index (χ0n) is 16.8. The number of halogens is 2. The summed E-state index contributed by atoms with van der Waals surface area (Å²) in [7, 11) is 0. The van der Waals surface area contributed by atoms with Crippen LogP contribution in [0.15, 0.2) is 50.6 Å². The van der Waals surface area contributed by atoms with E-state index in [1.807, 2.05) is 23.9 Å². The van der Waals surface area contributed by atoms with Crippen LogP contribution in [0.5, 0.6) is 0 Å². The predicted molar refractivity (Wildman–Crippen MR) is 128 cm³/mol. The predicted octanol–water partition coefficient (Wildman–Crippen LogP) is 7.72. The highest BCUT2D eigenvalue weighted by atomic mass is 35.5. The van der Waals surface area contributed by atoms with Crippen molar-refractivity contribution in [3.8, 4) is 0 Å². The smallest absolute Gasteiger partial charge is 0.117 e. The van der Waals surface area contributed by atoms with Gasteiger partial charge in [-0.3, -0.25) is 4.99 Å². The molecule has 3 heterocycles. The fraction of sp³-hybridized carbons (Fsp3) is 0.435. The molecule has 2 atom stereocenters. The Labute approximate surface area is 196 Å². The van der Waals surface area contributed by atoms with Gasteiger partial charge in [0.25, 0.3) is 0 Å². The number of fused-ring (bicyclic) bond motifs is 4. The summed E-state index contributed by atoms with van der Waals surface area (Å²) in [6, 6.07) is 5.68. The Morgan fingerprint density at radius 2 is 2.10 bits per heavy atom. The fourth-order valence-corrected chi connectivity index (χ4v) is 7.66. The number of unbranched alkanes of at least 4 members (excludes halogenated alkanes) is 1. The van der Waals surface area contributed by atoms with E-state index >= 15 is 0 Å². The van der Waals surface area contributed by atoms with Crippen molar-refractivity contribution in [2.45, 2.75) is 72.4 Å². The molecule has 0 saturated heterocycles. The lowest BCUT2D eigenvalue weighted by Crippen LogP contribution is -2.21. The molecular formula is C23H23Cl2N3S2. The third kappa shape index (κ3) is 3.83. The molecule has 7 heteroatoms. The number of hydrogen-bond donors (Lipinski definition) is 0. The second kappa shape index (κ2) is 8.85. The average Bonchev–Trinajstić information content (AvgIpc) is 3.36. The summed E-state index contributed by atoms with van der Waals surface area (Å²) < 4.78 is 0. The van der Waals surface area contributed by atoms with Gasteiger partial charge in [0.1, 0.15) is 16.7 Å². The van der Waals surface area contributed by atoms with Crippen LogP contribution in [-0.4, -0.2) is 21.1 Å². The maximum Gasteiger partial charge on any atom is 0.117 e. The number of aliphatic imine (C=N–C) groups is 1. The lowest BCUT2D eigenvalue weighted by molar-refractivity contribution is 0.687. The minimum atomic E-state index is 0.221. The molecule has 2 aromatic rings. The zero-order valence-corrected chi connectivity index (χ0v) is 20.0. The van der Waals surface area contributed by atoms with Gasteiger partial charge in [-0.1, -0.05) is 59.9 Å². The number of allylic oxidation sites excluding steroid dienone is 1. The molecule has 0 unspecified atom stereocenters. The Balaban J connectivity index is 1.43. The van der Waals surface area contributed by atoms with Crippen LogP contribution in [-0.2, 0) is 5.75 Å². The van der Waals surface area contributed by atoms with E-state index < -0.39 is 0 Å². The minimum Gasteiger partial charge on any atom is -0.274 e. The Morgan fingerprint density at radius 3 is 2.93 bits per heavy atom. The van der Waals surface area contributed by atoms with Crippen molar-refractivity contribution >= 4 is 52.4 Å². The first-order valence-corrected chi connectivity index (χ1v) is 13.1. The minimum absolute atomic E-state index is 0.221. The third-order valence-corrected chi connectivity index (χ3v) is 9.04. The zero-order chi connectivity index (χ0) is 20.7. The van der Waals surface area contributed by atoms with Gasteiger partial charge < -0.3 is 0 Å². The summed E-state index contributed by atoms with van der Waals surface area (Å²) in [5.41, 5.74) is 6.75. The first-order chi connectivity index (χ1) is 14.7. The molecule has 1 aliphatic carbocycles. The van der Waals surface area contributed by atoms with E-state index in [-0.39, 0.29) is 5.37 Å². The van der Waals surface area contributed by atoms with E-state index in [9.17, 15) is 0 Å². The highest BCUT2D eigenvalue weighted by Gasteiger charge is 2.44. The lowest BCUT2D eigenvalue weighted by atomic mass is 9.87. The van der Waals surface area contributed by atoms with Gasteiger partial charge in [-0.15, -0.1) is 11.8 Å². The second-order valence-electron chi connectivity index (χ2n) is 7.94. The summed E-state index contributed by atoms with van der Waals surface area (Å²) in [6.45, 7) is 2.25. The van der Waals surface area contributed by atoms with Crippen molar-refractivity contribution in [2.75, 3.05) is 0 Å². The van der Waals surface area contributed by atoms with Crippen LogP contribution in [0.3, 0.4) is 0 Å². The topological polar surface area (TPSA) is 38.1 Å². The van der Waals surface area contributed by atoms with Gasteiger partial charge >= 0.3 is 0 Å². The van der Waals surface area contributed by atoms with Crippen LogP contribution in [0.1, 0.15) is 62.6 Å². The summed E-state index contributed by atoms with van der Waals surface area (Å²) in [6.07, 6.45) is 8.88. The van der Waals surface area contributed by atoms with Gasteiger partial charge in [0.05, 0.1) is 16.5 Å². The molecule has 0 radical (unpaired) electrons. The van der Waals surface area contributed by atoms with Crippen molar-refractivity contribution in [2.24, 2.45) is 4.99 Å². The van der Waals surface area contributed by atoms with Gasteiger partial charge in [-0.2, -0.15) is 0 Å². The average molecular weight is 476 g/mol. The molecule has 0 bridgehead atoms. The number of aromatic nitrogens is 2. The molecule has 156 valence electrons. The van der Waals surface area contributed by atoms with Crippen molar-refractivity contribution in [3.05, 3.63) is 57.0 Å². The molecule has 0 N–H and O–H groups in total. The molecule has 5 rings (SSSR count). The summed E-state index contributed by atoms with van der Waals surface area (Å²) >= 11 is 16.0. The molecule has 2 aliphatic heterocycles. The van der Waals surface area contributed by atoms with Crippen LogP contribution in [0.2, 0.25) is 10.0 Å². The first-order valence-electron chi connectivity index (χ1n) is 10.5. The molecule has 0 amide bonds. The number of nitrogens with zero attached hydrogens (tertiary/aromatic N) is 3. The Hall–Kier alpha value is -1.01. The Kier molecular flexibility index (Phi) is 6.16. The first kappa shape index (κ1) is 20.9. The van der Waals surface area contributed by atoms with E-state index in [2.05, 4.69) is 11.9 Å². The van der Waals surface area contributed by atoms with E-state index in [0.717, 1.165) is 22.8 Å². The summed E-state index contributed by atoms with van der Waals surface area (Å²) in [5.74, 6) is 1.09. The maximum absolute atomic E-state index is 6.37. The number of thioether (sulfide) groups is 2. The fourth-order valence-electron chi connectivity index (χ4n) is 4.58. The SMILES string of the molecule is CCCCC1=N[C@H]2Sc3c(SCc4ccc(Cl)cc4Cl)ncnc3[C@H]2C2=C1CCC2. The van der Waals surface area contributed by atoms with E-state index in [0.29, 0.717) is 16.0 Å². The molecule has 0 spiro atoms. The molecule has 30 heavy (non-hydrogen) atoms. The molecule has 3 nitrogen and oxygen atoms in total. The van der Waals surface area contributed by atoms with Gasteiger partial charge in [-0.05, 0) is 55.4 Å². The largest absolute Gasteiger partial charge is 0.274 e. The summed E-state index contributed by atoms with van der Waals surface area (Å²) in [5, 5.41) is 2.62. The maximum atomic E-state index is 6.37. The van der Waals surface area contributed by atoms with Crippen LogP contribution < -0.4 is 0 Å². The van der Waals surface area contributed by atoms with Crippen molar-refractivity contribution in [1.29, 1.82) is 0 Å². The normalized spacial score (nSPS) is 22.0. The van der Waals surface area contributed by atoms with Crippen molar-refractivity contribution < 1.29 is 0 Å². The molecule has 1 aromatic heterocycles. The molecule has 3 aliphatic rings. The van der Waals surface area contributed by atoms with Crippen LogP contribution in [0, 0.1) is 0 Å². The molecular weight excluding hydrogens is 453 g/mol. The van der Waals surface area contributed by atoms with Crippen molar-refractivity contribution in [3.63, 3.8) is 0 Å². The third-order valence-electron chi connectivity index (χ3n) is 6.03. The standard InChI is InChI=1S/C23H23Cl2N3S2/c1-2-3-7-18-15-5-4-6-16(15)19-20-21(30-22(19)28-18)23(27-12-26-20)29-11-13-8-9-14(24)10-17(13)25/h8-10,12,19,22H,2-7,11H2,1H3/t19-,22+/m1/s1. The van der Waals surface area contributed by atoms with E-state index in [1.165, 1.54) is 48.4 Å².